The second-order valence-corrected chi connectivity index (χ2v) is 5.74. The van der Waals surface area contributed by atoms with Crippen molar-refractivity contribution >= 4 is 21.6 Å². The van der Waals surface area contributed by atoms with Gasteiger partial charge in [-0.05, 0) is 52.9 Å². The summed E-state index contributed by atoms with van der Waals surface area (Å²) in [4.78, 5) is 4.38. The van der Waals surface area contributed by atoms with Gasteiger partial charge in [0.1, 0.15) is 11.6 Å². The summed E-state index contributed by atoms with van der Waals surface area (Å²) in [7, 11) is 0. The Bertz CT molecular complexity index is 646. The van der Waals surface area contributed by atoms with Crippen molar-refractivity contribution in [2.75, 3.05) is 5.32 Å². The van der Waals surface area contributed by atoms with Crippen molar-refractivity contribution in [2.45, 2.75) is 25.3 Å². The molecule has 1 aliphatic rings. The zero-order valence-electron chi connectivity index (χ0n) is 10.7. The Balaban J connectivity index is 1.91. The maximum absolute atomic E-state index is 13.9. The Kier molecular flexibility index (Phi) is 3.70. The molecule has 1 heterocycles. The van der Waals surface area contributed by atoms with E-state index in [4.69, 9.17) is 0 Å². The highest BCUT2D eigenvalue weighted by molar-refractivity contribution is 9.10. The van der Waals surface area contributed by atoms with Crippen molar-refractivity contribution in [1.82, 2.24) is 4.98 Å². The molecule has 1 unspecified atom stereocenters. The van der Waals surface area contributed by atoms with E-state index in [0.717, 1.165) is 31.0 Å². The first-order valence-corrected chi connectivity index (χ1v) is 7.29. The molecule has 0 radical (unpaired) electrons. The fourth-order valence-electron chi connectivity index (χ4n) is 2.57. The summed E-state index contributed by atoms with van der Waals surface area (Å²) >= 11 is 2.98. The lowest BCUT2D eigenvalue weighted by atomic mass is 9.92. The van der Waals surface area contributed by atoms with E-state index in [1.807, 2.05) is 12.1 Å². The van der Waals surface area contributed by atoms with Gasteiger partial charge in [-0.15, -0.1) is 0 Å². The van der Waals surface area contributed by atoms with Crippen LogP contribution in [0.3, 0.4) is 0 Å². The van der Waals surface area contributed by atoms with Crippen LogP contribution in [0.2, 0.25) is 0 Å². The molecule has 0 aliphatic heterocycles. The van der Waals surface area contributed by atoms with Crippen LogP contribution < -0.4 is 5.32 Å². The van der Waals surface area contributed by atoms with E-state index in [0.29, 0.717) is 0 Å². The monoisotopic (exact) mass is 338 g/mol. The number of pyridine rings is 1. The fraction of sp³-hybridized carbons (Fsp3) is 0.267. The van der Waals surface area contributed by atoms with Gasteiger partial charge in [0.05, 0.1) is 21.9 Å². The lowest BCUT2D eigenvalue weighted by Gasteiger charge is -2.26. The number of aryl methyl sites for hydroxylation is 1. The highest BCUT2D eigenvalue weighted by atomic mass is 79.9. The molecule has 5 heteroatoms. The van der Waals surface area contributed by atoms with Crippen LogP contribution >= 0.6 is 15.9 Å². The number of rotatable bonds is 2. The molecule has 0 fully saturated rings. The third-order valence-corrected chi connectivity index (χ3v) is 4.14. The summed E-state index contributed by atoms with van der Waals surface area (Å²) < 4.78 is 27.5. The van der Waals surface area contributed by atoms with Gasteiger partial charge in [0.25, 0.3) is 0 Å². The Morgan fingerprint density at radius 3 is 2.95 bits per heavy atom. The SMILES string of the molecule is Fc1cc(NC2CCCc3cccnc32)c(F)cc1Br. The Labute approximate surface area is 124 Å². The van der Waals surface area contributed by atoms with Crippen molar-refractivity contribution in [1.29, 1.82) is 0 Å². The molecule has 20 heavy (non-hydrogen) atoms. The van der Waals surface area contributed by atoms with Gasteiger partial charge >= 0.3 is 0 Å². The first-order chi connectivity index (χ1) is 9.65. The molecule has 1 aromatic heterocycles. The Hall–Kier alpha value is -1.49. The van der Waals surface area contributed by atoms with E-state index in [2.05, 4.69) is 26.2 Å². The summed E-state index contributed by atoms with van der Waals surface area (Å²) in [5.74, 6) is -0.952. The van der Waals surface area contributed by atoms with Crippen molar-refractivity contribution in [3.05, 3.63) is 57.8 Å². The van der Waals surface area contributed by atoms with Gasteiger partial charge in [-0.25, -0.2) is 8.78 Å². The normalized spacial score (nSPS) is 17.6. The van der Waals surface area contributed by atoms with E-state index in [1.165, 1.54) is 11.6 Å². The maximum Gasteiger partial charge on any atom is 0.147 e. The van der Waals surface area contributed by atoms with Crippen LogP contribution in [0, 0.1) is 11.6 Å². The number of fused-ring (bicyclic) bond motifs is 1. The van der Waals surface area contributed by atoms with Gasteiger partial charge in [0, 0.05) is 12.3 Å². The number of nitrogens with one attached hydrogen (secondary N) is 1. The topological polar surface area (TPSA) is 24.9 Å². The van der Waals surface area contributed by atoms with Crippen LogP contribution in [-0.4, -0.2) is 4.98 Å². The second-order valence-electron chi connectivity index (χ2n) is 4.88. The molecule has 0 spiro atoms. The average Bonchev–Trinajstić information content (AvgIpc) is 2.45. The molecule has 1 N–H and O–H groups in total. The van der Waals surface area contributed by atoms with E-state index >= 15 is 0 Å². The molecule has 2 nitrogen and oxygen atoms in total. The predicted molar refractivity (Wildman–Crippen MR) is 77.6 cm³/mol. The zero-order valence-corrected chi connectivity index (χ0v) is 12.3. The minimum Gasteiger partial charge on any atom is -0.374 e. The molecule has 2 aromatic rings. The number of halogens is 3. The molecular weight excluding hydrogens is 326 g/mol. The smallest absolute Gasteiger partial charge is 0.147 e. The van der Waals surface area contributed by atoms with Gasteiger partial charge in [0.2, 0.25) is 0 Å². The molecule has 0 saturated carbocycles. The fourth-order valence-corrected chi connectivity index (χ4v) is 2.89. The average molecular weight is 339 g/mol. The van der Waals surface area contributed by atoms with Gasteiger partial charge in [-0.2, -0.15) is 0 Å². The van der Waals surface area contributed by atoms with Crippen LogP contribution in [0.15, 0.2) is 34.9 Å². The lowest BCUT2D eigenvalue weighted by Crippen LogP contribution is -2.19. The number of nitrogens with zero attached hydrogens (tertiary/aromatic N) is 1. The summed E-state index contributed by atoms with van der Waals surface area (Å²) in [6.45, 7) is 0. The van der Waals surface area contributed by atoms with Gasteiger partial charge in [0.15, 0.2) is 0 Å². The first kappa shape index (κ1) is 13.5. The van der Waals surface area contributed by atoms with Gasteiger partial charge in [-0.1, -0.05) is 6.07 Å². The first-order valence-electron chi connectivity index (χ1n) is 6.50. The van der Waals surface area contributed by atoms with E-state index in [9.17, 15) is 8.78 Å². The van der Waals surface area contributed by atoms with E-state index in [1.54, 1.807) is 6.20 Å². The van der Waals surface area contributed by atoms with Crippen molar-refractivity contribution in [3.8, 4) is 0 Å². The van der Waals surface area contributed by atoms with Gasteiger partial charge in [-0.3, -0.25) is 4.98 Å². The third-order valence-electron chi connectivity index (χ3n) is 3.53. The largest absolute Gasteiger partial charge is 0.374 e. The van der Waals surface area contributed by atoms with Crippen LogP contribution in [0.4, 0.5) is 14.5 Å². The lowest BCUT2D eigenvalue weighted by molar-refractivity contribution is 0.566. The Morgan fingerprint density at radius 2 is 2.10 bits per heavy atom. The molecule has 1 atom stereocenters. The van der Waals surface area contributed by atoms with Crippen LogP contribution in [-0.2, 0) is 6.42 Å². The Morgan fingerprint density at radius 1 is 1.25 bits per heavy atom. The molecule has 0 bridgehead atoms. The molecule has 0 saturated heterocycles. The number of hydrogen-bond acceptors (Lipinski definition) is 2. The van der Waals surface area contributed by atoms with E-state index < -0.39 is 11.6 Å². The van der Waals surface area contributed by atoms with Crippen LogP contribution in [0.5, 0.6) is 0 Å². The molecule has 1 aromatic carbocycles. The highest BCUT2D eigenvalue weighted by Gasteiger charge is 2.22. The molecule has 0 amide bonds. The number of hydrogen-bond donors (Lipinski definition) is 1. The minimum atomic E-state index is -0.481. The number of anilines is 1. The summed E-state index contributed by atoms with van der Waals surface area (Å²) in [6, 6.07) is 6.18. The quantitative estimate of drug-likeness (QED) is 0.808. The third kappa shape index (κ3) is 2.54. The van der Waals surface area contributed by atoms with Gasteiger partial charge < -0.3 is 5.32 Å². The second kappa shape index (κ2) is 5.48. The molecule has 104 valence electrons. The molecular formula is C15H13BrF2N2. The zero-order chi connectivity index (χ0) is 14.1. The van der Waals surface area contributed by atoms with Crippen LogP contribution in [0.25, 0.3) is 0 Å². The number of aromatic nitrogens is 1. The summed E-state index contributed by atoms with van der Waals surface area (Å²) in [6.07, 6.45) is 4.59. The molecule has 3 rings (SSSR count). The van der Waals surface area contributed by atoms with Crippen molar-refractivity contribution < 1.29 is 8.78 Å². The molecule has 1 aliphatic carbocycles. The summed E-state index contributed by atoms with van der Waals surface area (Å²) in [5.41, 5.74) is 2.28. The minimum absolute atomic E-state index is 0.0741. The summed E-state index contributed by atoms with van der Waals surface area (Å²) in [5, 5.41) is 3.08. The number of benzene rings is 1. The maximum atomic E-state index is 13.9. The van der Waals surface area contributed by atoms with Crippen LogP contribution in [0.1, 0.15) is 30.1 Å². The van der Waals surface area contributed by atoms with E-state index in [-0.39, 0.29) is 16.2 Å². The van der Waals surface area contributed by atoms with Crippen molar-refractivity contribution in [3.63, 3.8) is 0 Å². The highest BCUT2D eigenvalue weighted by Crippen LogP contribution is 2.32. The van der Waals surface area contributed by atoms with Crippen molar-refractivity contribution in [2.24, 2.45) is 0 Å². The predicted octanol–water partition coefficient (Wildman–Crippen LogP) is 4.61. The standard InChI is InChI=1S/C15H13BrF2N2/c16-10-7-12(18)14(8-11(10)17)20-13-5-1-3-9-4-2-6-19-15(9)13/h2,4,6-8,13,20H,1,3,5H2.